The molecule has 0 spiro atoms. The fourth-order valence-corrected chi connectivity index (χ4v) is 1.93. The first-order valence-corrected chi connectivity index (χ1v) is 5.97. The van der Waals surface area contributed by atoms with Crippen molar-refractivity contribution in [2.45, 2.75) is 52.1 Å². The van der Waals surface area contributed by atoms with Crippen LogP contribution in [0.1, 0.15) is 46.5 Å². The van der Waals surface area contributed by atoms with Gasteiger partial charge in [0, 0.05) is 6.54 Å². The van der Waals surface area contributed by atoms with Crippen molar-refractivity contribution >= 4 is 0 Å². The van der Waals surface area contributed by atoms with E-state index in [1.165, 1.54) is 0 Å². The fourth-order valence-electron chi connectivity index (χ4n) is 1.93. The highest BCUT2D eigenvalue weighted by Gasteiger charge is 2.30. The second-order valence-electron chi connectivity index (χ2n) is 5.11. The molecule has 0 aliphatic heterocycles. The third-order valence-corrected chi connectivity index (χ3v) is 3.01. The minimum absolute atomic E-state index is 0.308. The van der Waals surface area contributed by atoms with Crippen LogP contribution in [0.4, 0.5) is 0 Å². The molecule has 90 valence electrons. The van der Waals surface area contributed by atoms with Crippen molar-refractivity contribution in [2.75, 3.05) is 6.54 Å². The zero-order valence-electron chi connectivity index (χ0n) is 10.5. The molecule has 0 fully saturated rings. The molecule has 0 heterocycles. The van der Waals surface area contributed by atoms with Gasteiger partial charge in [0.2, 0.25) is 0 Å². The lowest BCUT2D eigenvalue weighted by atomic mass is 9.79. The third kappa shape index (κ3) is 5.95. The van der Waals surface area contributed by atoms with Crippen molar-refractivity contribution in [1.82, 2.24) is 0 Å². The molecular formula is C13H27NO. The van der Waals surface area contributed by atoms with Crippen molar-refractivity contribution in [2.24, 2.45) is 17.6 Å². The molecule has 2 atom stereocenters. The minimum atomic E-state index is -0.717. The lowest BCUT2D eigenvalue weighted by molar-refractivity contribution is -0.00567. The Bertz CT molecular complexity index is 175. The Balaban J connectivity index is 4.23. The number of hydrogen-bond donors (Lipinski definition) is 2. The van der Waals surface area contributed by atoms with Crippen molar-refractivity contribution in [3.63, 3.8) is 0 Å². The summed E-state index contributed by atoms with van der Waals surface area (Å²) in [5.41, 5.74) is 4.90. The van der Waals surface area contributed by atoms with Gasteiger partial charge in [-0.05, 0) is 44.4 Å². The van der Waals surface area contributed by atoms with E-state index >= 15 is 0 Å². The zero-order valence-corrected chi connectivity index (χ0v) is 10.5. The van der Waals surface area contributed by atoms with Gasteiger partial charge in [0.1, 0.15) is 0 Å². The molecule has 0 aliphatic carbocycles. The molecule has 0 aliphatic rings. The molecule has 0 saturated carbocycles. The molecule has 2 nitrogen and oxygen atoms in total. The normalized spacial score (nSPS) is 17.5. The first-order valence-electron chi connectivity index (χ1n) is 5.97. The van der Waals surface area contributed by atoms with Crippen molar-refractivity contribution in [1.29, 1.82) is 0 Å². The first-order chi connectivity index (χ1) is 6.94. The quantitative estimate of drug-likeness (QED) is 0.481. The van der Waals surface area contributed by atoms with Crippen LogP contribution >= 0.6 is 0 Å². The second-order valence-corrected chi connectivity index (χ2v) is 5.11. The highest BCUT2D eigenvalue weighted by molar-refractivity contribution is 4.84. The Labute approximate surface area is 94.6 Å². The number of allylic oxidation sites excluding steroid dienone is 1. The van der Waals surface area contributed by atoms with Crippen LogP contribution in [-0.2, 0) is 0 Å². The molecule has 0 aromatic heterocycles. The van der Waals surface area contributed by atoms with Crippen LogP contribution < -0.4 is 5.73 Å². The molecule has 0 aromatic rings. The van der Waals surface area contributed by atoms with E-state index in [9.17, 15) is 5.11 Å². The van der Waals surface area contributed by atoms with Crippen LogP contribution in [0.15, 0.2) is 12.7 Å². The van der Waals surface area contributed by atoms with Crippen molar-refractivity contribution < 1.29 is 5.11 Å². The maximum Gasteiger partial charge on any atom is 0.0769 e. The molecule has 0 rings (SSSR count). The summed E-state index contributed by atoms with van der Waals surface area (Å²) in [5.74, 6) is 0.916. The van der Waals surface area contributed by atoms with Crippen molar-refractivity contribution in [3.8, 4) is 0 Å². The van der Waals surface area contributed by atoms with E-state index in [0.29, 0.717) is 18.4 Å². The number of aliphatic hydroxyl groups is 1. The van der Waals surface area contributed by atoms with Crippen LogP contribution in [0.25, 0.3) is 0 Å². The van der Waals surface area contributed by atoms with E-state index in [4.69, 9.17) is 5.73 Å². The molecule has 2 heteroatoms. The van der Waals surface area contributed by atoms with Crippen molar-refractivity contribution in [3.05, 3.63) is 12.7 Å². The SMILES string of the molecule is C=CCCC[C@@H](CC(C)C)C(C)(O)CN. The maximum absolute atomic E-state index is 10.2. The molecule has 1 unspecified atom stereocenters. The lowest BCUT2D eigenvalue weighted by Crippen LogP contribution is -2.42. The van der Waals surface area contributed by atoms with Gasteiger partial charge in [-0.25, -0.2) is 0 Å². The molecule has 0 amide bonds. The van der Waals surface area contributed by atoms with E-state index in [2.05, 4.69) is 20.4 Å². The van der Waals surface area contributed by atoms with Gasteiger partial charge in [-0.1, -0.05) is 19.9 Å². The average molecular weight is 213 g/mol. The van der Waals surface area contributed by atoms with E-state index in [1.807, 2.05) is 13.0 Å². The highest BCUT2D eigenvalue weighted by atomic mass is 16.3. The third-order valence-electron chi connectivity index (χ3n) is 3.01. The molecule has 15 heavy (non-hydrogen) atoms. The summed E-state index contributed by atoms with van der Waals surface area (Å²) >= 11 is 0. The number of rotatable bonds is 8. The monoisotopic (exact) mass is 213 g/mol. The topological polar surface area (TPSA) is 46.2 Å². The Hall–Kier alpha value is -0.340. The van der Waals surface area contributed by atoms with Crippen LogP contribution in [-0.4, -0.2) is 17.3 Å². The van der Waals surface area contributed by atoms with Crippen LogP contribution in [0.2, 0.25) is 0 Å². The van der Waals surface area contributed by atoms with Gasteiger partial charge in [-0.15, -0.1) is 6.58 Å². The Morgan fingerprint density at radius 1 is 1.47 bits per heavy atom. The zero-order chi connectivity index (χ0) is 11.9. The van der Waals surface area contributed by atoms with Gasteiger partial charge in [0.05, 0.1) is 5.60 Å². The number of unbranched alkanes of at least 4 members (excludes halogenated alkanes) is 1. The Morgan fingerprint density at radius 2 is 2.07 bits per heavy atom. The Morgan fingerprint density at radius 3 is 2.47 bits per heavy atom. The van der Waals surface area contributed by atoms with Crippen LogP contribution in [0, 0.1) is 11.8 Å². The van der Waals surface area contributed by atoms with Crippen LogP contribution in [0.3, 0.4) is 0 Å². The number of hydrogen-bond acceptors (Lipinski definition) is 2. The molecule has 3 N–H and O–H groups in total. The predicted molar refractivity (Wildman–Crippen MR) is 66.7 cm³/mol. The molecule has 0 bridgehead atoms. The maximum atomic E-state index is 10.2. The van der Waals surface area contributed by atoms with E-state index in [0.717, 1.165) is 25.7 Å². The summed E-state index contributed by atoms with van der Waals surface area (Å²) in [5, 5.41) is 10.2. The standard InChI is InChI=1S/C13H27NO/c1-5-6-7-8-12(9-11(2)3)13(4,15)10-14/h5,11-12,15H,1,6-10,14H2,2-4H3/t12-,13?/m0/s1. The molecule has 0 radical (unpaired) electrons. The number of nitrogens with two attached hydrogens (primary N) is 1. The molecule has 0 saturated heterocycles. The second kappa shape index (κ2) is 7.02. The van der Waals surface area contributed by atoms with Crippen LogP contribution in [0.5, 0.6) is 0 Å². The average Bonchev–Trinajstić information content (AvgIpc) is 2.16. The molecule has 0 aromatic carbocycles. The van der Waals surface area contributed by atoms with E-state index in [1.54, 1.807) is 0 Å². The summed E-state index contributed by atoms with van der Waals surface area (Å²) in [7, 11) is 0. The first kappa shape index (κ1) is 14.7. The fraction of sp³-hybridized carbons (Fsp3) is 0.846. The van der Waals surface area contributed by atoms with Gasteiger partial charge in [-0.2, -0.15) is 0 Å². The summed E-state index contributed by atoms with van der Waals surface area (Å²) in [6.07, 6.45) is 6.13. The van der Waals surface area contributed by atoms with Gasteiger partial charge in [0.25, 0.3) is 0 Å². The van der Waals surface area contributed by atoms with Gasteiger partial charge < -0.3 is 10.8 Å². The summed E-state index contributed by atoms with van der Waals surface area (Å²) in [6, 6.07) is 0. The summed E-state index contributed by atoms with van der Waals surface area (Å²) in [6.45, 7) is 10.3. The van der Waals surface area contributed by atoms with Gasteiger partial charge in [-0.3, -0.25) is 0 Å². The predicted octanol–water partition coefficient (Wildman–Crippen LogP) is 2.71. The Kier molecular flexibility index (Phi) is 6.86. The van der Waals surface area contributed by atoms with E-state index in [-0.39, 0.29) is 0 Å². The molecular weight excluding hydrogens is 186 g/mol. The van der Waals surface area contributed by atoms with Gasteiger partial charge >= 0.3 is 0 Å². The van der Waals surface area contributed by atoms with Gasteiger partial charge in [0.15, 0.2) is 0 Å². The smallest absolute Gasteiger partial charge is 0.0769 e. The lowest BCUT2D eigenvalue weighted by Gasteiger charge is -2.33. The summed E-state index contributed by atoms with van der Waals surface area (Å²) < 4.78 is 0. The summed E-state index contributed by atoms with van der Waals surface area (Å²) in [4.78, 5) is 0. The van der Waals surface area contributed by atoms with E-state index < -0.39 is 5.60 Å². The minimum Gasteiger partial charge on any atom is -0.389 e. The largest absolute Gasteiger partial charge is 0.389 e. The highest BCUT2D eigenvalue weighted by Crippen LogP contribution is 2.28.